The summed E-state index contributed by atoms with van der Waals surface area (Å²) in [6.07, 6.45) is -13.7. The van der Waals surface area contributed by atoms with Gasteiger partial charge in [-0.15, -0.1) is 0 Å². The van der Waals surface area contributed by atoms with Crippen LogP contribution in [0.1, 0.15) is 29.2 Å². The Morgan fingerprint density at radius 1 is 0.661 bits per heavy atom. The molecule has 334 valence electrons. The number of amides is 1. The summed E-state index contributed by atoms with van der Waals surface area (Å²) in [6.45, 7) is 0.579. The number of alkyl carbamates (subject to hydrolysis) is 1. The lowest BCUT2D eigenvalue weighted by Crippen LogP contribution is -2.70. The third-order valence-corrected chi connectivity index (χ3v) is 10.2. The minimum absolute atomic E-state index is 0.0209. The van der Waals surface area contributed by atoms with Gasteiger partial charge in [-0.2, -0.15) is 0 Å². The van der Waals surface area contributed by atoms with Crippen LogP contribution in [0.2, 0.25) is 0 Å². The number of aliphatic hydroxyl groups is 1. The molecule has 4 aromatic rings. The van der Waals surface area contributed by atoms with Crippen molar-refractivity contribution in [1.29, 1.82) is 0 Å². The van der Waals surface area contributed by atoms with Gasteiger partial charge in [0.1, 0.15) is 49.3 Å². The van der Waals surface area contributed by atoms with Crippen LogP contribution in [0.15, 0.2) is 121 Å². The Hall–Kier alpha value is -3.87. The van der Waals surface area contributed by atoms with E-state index in [0.29, 0.717) is 0 Å². The molecule has 4 aromatic carbocycles. The summed E-state index contributed by atoms with van der Waals surface area (Å²) in [6, 6.07) is 35.6. The van der Waals surface area contributed by atoms with Crippen molar-refractivity contribution in [2.45, 2.75) is 98.5 Å². The average molecular weight is 918 g/mol. The lowest BCUT2D eigenvalue weighted by atomic mass is 9.95. The zero-order chi connectivity index (χ0) is 43.9. The van der Waals surface area contributed by atoms with Crippen molar-refractivity contribution in [2.24, 2.45) is 0 Å². The summed E-state index contributed by atoms with van der Waals surface area (Å²) in [5.41, 5.74) is 3.23. The number of esters is 1. The molecule has 0 spiro atoms. The van der Waals surface area contributed by atoms with Crippen LogP contribution in [0.3, 0.4) is 0 Å². The second-order valence-corrected chi connectivity index (χ2v) is 17.2. The maximum Gasteiger partial charge on any atom is 0.407 e. The standard InChI is InChI=1S/C45H49Cl3NO13/c1-29(50)59-38-35(27-55-23-31-16-8-3-9-17-31)60-42(52)41(40(38)57-25-33-20-12-5-13-21-33)62-43-36(49-44(53)58-28-45(46,47)48)39(56-24-32-18-10-4-11-19-32)37(51)34(61-43)26-54-22-30-14-6-2-7-15-30/h2-21,34-43,51H,22-28H2,1H3,(H,49,53)/q-1/t34-,35-,36-,37-,38-,39-,40+,41+,42+,43+/m1/s1. The molecule has 0 saturated carbocycles. The Bertz CT molecular complexity index is 1930. The number of carbonyl (C=O) groups is 2. The maximum atomic E-state index is 14.3. The van der Waals surface area contributed by atoms with Crippen molar-refractivity contribution in [2.75, 3.05) is 19.8 Å². The first-order valence-corrected chi connectivity index (χ1v) is 21.1. The molecule has 2 N–H and O–H groups in total. The van der Waals surface area contributed by atoms with Gasteiger partial charge in [0.05, 0.1) is 39.6 Å². The molecule has 17 heteroatoms. The zero-order valence-corrected chi connectivity index (χ0v) is 36.0. The third kappa shape index (κ3) is 14.6. The summed E-state index contributed by atoms with van der Waals surface area (Å²) >= 11 is 17.6. The fraction of sp³-hybridized carbons (Fsp3) is 0.422. The largest absolute Gasteiger partial charge is 0.829 e. The highest BCUT2D eigenvalue weighted by atomic mass is 35.6. The van der Waals surface area contributed by atoms with Gasteiger partial charge < -0.3 is 58.2 Å². The van der Waals surface area contributed by atoms with Gasteiger partial charge in [0.2, 0.25) is 3.79 Å². The van der Waals surface area contributed by atoms with E-state index in [1.807, 2.05) is 121 Å². The van der Waals surface area contributed by atoms with Gasteiger partial charge in [0.15, 0.2) is 12.4 Å². The van der Waals surface area contributed by atoms with E-state index < -0.39 is 83.8 Å². The quantitative estimate of drug-likeness (QED) is 0.0888. The number of halogens is 3. The van der Waals surface area contributed by atoms with Crippen molar-refractivity contribution in [1.82, 2.24) is 5.32 Å². The molecule has 2 aliphatic rings. The van der Waals surface area contributed by atoms with Crippen molar-refractivity contribution >= 4 is 46.9 Å². The molecule has 2 saturated heterocycles. The molecular weight excluding hydrogens is 869 g/mol. The Balaban J connectivity index is 1.32. The predicted molar refractivity (Wildman–Crippen MR) is 225 cm³/mol. The van der Waals surface area contributed by atoms with Crippen molar-refractivity contribution in [3.63, 3.8) is 0 Å². The van der Waals surface area contributed by atoms with Gasteiger partial charge in [0.25, 0.3) is 0 Å². The maximum absolute atomic E-state index is 14.3. The number of hydrogen-bond donors (Lipinski definition) is 2. The lowest BCUT2D eigenvalue weighted by molar-refractivity contribution is -0.541. The summed E-state index contributed by atoms with van der Waals surface area (Å²) in [7, 11) is 0. The fourth-order valence-corrected chi connectivity index (χ4v) is 7.12. The third-order valence-electron chi connectivity index (χ3n) is 9.87. The highest BCUT2D eigenvalue weighted by Gasteiger charge is 2.52. The summed E-state index contributed by atoms with van der Waals surface area (Å²) in [5, 5.41) is 28.8. The van der Waals surface area contributed by atoms with Gasteiger partial charge in [-0.25, -0.2) is 4.79 Å². The topological polar surface area (TPSA) is 173 Å². The van der Waals surface area contributed by atoms with Gasteiger partial charge in [0, 0.05) is 13.2 Å². The number of benzene rings is 4. The SMILES string of the molecule is CC(=O)O[C@H]1[C@H](OCc2ccccc2)[C@H](O[C@@H]2O[C@H](COCc3ccccc3)[C@@H](O)[C@H](OCc3ccccc3)[C@H]2NC(=O)OCC(Cl)(Cl)Cl)[C@@H]([O-])O[C@@H]1COCc1ccccc1. The van der Waals surface area contributed by atoms with E-state index in [-0.39, 0.29) is 39.6 Å². The molecule has 0 aliphatic carbocycles. The normalized spacial score (nSPS) is 26.4. The van der Waals surface area contributed by atoms with Crippen LogP contribution in [0.25, 0.3) is 0 Å². The first-order valence-electron chi connectivity index (χ1n) is 20.0. The minimum Gasteiger partial charge on any atom is -0.829 e. The Morgan fingerprint density at radius 3 is 1.61 bits per heavy atom. The molecule has 2 heterocycles. The monoisotopic (exact) mass is 916 g/mol. The average Bonchev–Trinajstić information content (AvgIpc) is 3.26. The van der Waals surface area contributed by atoms with Gasteiger partial charge in [-0.05, 0) is 22.3 Å². The second kappa shape index (κ2) is 23.7. The smallest absolute Gasteiger partial charge is 0.407 e. The number of ether oxygens (including phenoxy) is 9. The molecule has 62 heavy (non-hydrogen) atoms. The molecule has 2 fully saturated rings. The van der Waals surface area contributed by atoms with Crippen molar-refractivity contribution in [3.05, 3.63) is 144 Å². The van der Waals surface area contributed by atoms with E-state index in [0.717, 1.165) is 22.3 Å². The highest BCUT2D eigenvalue weighted by Crippen LogP contribution is 2.33. The number of nitrogens with one attached hydrogen (secondary N) is 1. The molecule has 1 amide bonds. The molecule has 0 radical (unpaired) electrons. The van der Waals surface area contributed by atoms with E-state index >= 15 is 0 Å². The Labute approximate surface area is 375 Å². The minimum atomic E-state index is -1.99. The number of rotatable bonds is 19. The van der Waals surface area contributed by atoms with Crippen molar-refractivity contribution in [3.8, 4) is 0 Å². The van der Waals surface area contributed by atoms with Crippen LogP contribution in [0.4, 0.5) is 4.79 Å². The predicted octanol–water partition coefficient (Wildman–Crippen LogP) is 5.54. The van der Waals surface area contributed by atoms with Crippen LogP contribution in [0.5, 0.6) is 0 Å². The van der Waals surface area contributed by atoms with E-state index in [9.17, 15) is 19.8 Å². The first-order chi connectivity index (χ1) is 29.9. The molecular formula is C45H49Cl3NO13-. The molecule has 10 atom stereocenters. The molecule has 14 nitrogen and oxygen atoms in total. The number of hydrogen-bond acceptors (Lipinski definition) is 13. The summed E-state index contributed by atoms with van der Waals surface area (Å²) < 4.78 is 52.8. The number of carbonyl (C=O) groups excluding carboxylic acids is 2. The molecule has 0 unspecified atom stereocenters. The van der Waals surface area contributed by atoms with Crippen LogP contribution < -0.4 is 10.4 Å². The van der Waals surface area contributed by atoms with E-state index in [2.05, 4.69) is 5.32 Å². The Morgan fingerprint density at radius 2 is 1.13 bits per heavy atom. The van der Waals surface area contributed by atoms with Crippen molar-refractivity contribution < 1.29 is 62.4 Å². The first kappa shape index (κ1) is 47.6. The lowest BCUT2D eigenvalue weighted by Gasteiger charge is -2.51. The zero-order valence-electron chi connectivity index (χ0n) is 33.8. The number of aliphatic hydroxyl groups excluding tert-OH is 1. The van der Waals surface area contributed by atoms with Crippen LogP contribution in [-0.2, 0) is 73.9 Å². The second-order valence-electron chi connectivity index (χ2n) is 14.6. The van der Waals surface area contributed by atoms with E-state index in [4.69, 9.17) is 77.4 Å². The summed E-state index contributed by atoms with van der Waals surface area (Å²) in [4.78, 5) is 26.1. The molecule has 2 aliphatic heterocycles. The highest BCUT2D eigenvalue weighted by molar-refractivity contribution is 6.67. The number of alkyl halides is 3. The molecule has 0 aromatic heterocycles. The van der Waals surface area contributed by atoms with Crippen LogP contribution in [0, 0.1) is 0 Å². The molecule has 0 bridgehead atoms. The molecule has 6 rings (SSSR count). The van der Waals surface area contributed by atoms with Gasteiger partial charge in [-0.1, -0.05) is 156 Å². The van der Waals surface area contributed by atoms with E-state index in [1.54, 1.807) is 0 Å². The summed E-state index contributed by atoms with van der Waals surface area (Å²) in [5.74, 6) is -0.679. The van der Waals surface area contributed by atoms with Crippen LogP contribution in [-0.4, -0.2) is 102 Å². The Kier molecular flexibility index (Phi) is 18.2. The fourth-order valence-electron chi connectivity index (χ4n) is 6.95. The van der Waals surface area contributed by atoms with Gasteiger partial charge in [-0.3, -0.25) is 4.79 Å². The van der Waals surface area contributed by atoms with Gasteiger partial charge >= 0.3 is 12.1 Å². The van der Waals surface area contributed by atoms with E-state index in [1.165, 1.54) is 6.92 Å². The van der Waals surface area contributed by atoms with Crippen LogP contribution >= 0.6 is 34.8 Å².